The SMILES string of the molecule is O=C(Cn1c(O)c(C=C2C=Nc3ccc(Br)cc32)sc1=O)Nc1ccccc1. The minimum absolute atomic E-state index is 0.234. The summed E-state index contributed by atoms with van der Waals surface area (Å²) in [5.74, 6) is -0.625. The number of hydrogen-bond donors (Lipinski definition) is 2. The van der Waals surface area contributed by atoms with Gasteiger partial charge in [-0.3, -0.25) is 19.1 Å². The number of carbonyl (C=O) groups excluding carboxylic acids is 1. The van der Waals surface area contributed by atoms with Gasteiger partial charge in [-0.2, -0.15) is 0 Å². The van der Waals surface area contributed by atoms with Crippen LogP contribution in [0.1, 0.15) is 10.4 Å². The van der Waals surface area contributed by atoms with Gasteiger partial charge in [0.1, 0.15) is 6.54 Å². The molecule has 140 valence electrons. The van der Waals surface area contributed by atoms with E-state index < -0.39 is 10.8 Å². The van der Waals surface area contributed by atoms with Crippen molar-refractivity contribution < 1.29 is 9.90 Å². The molecule has 2 N–H and O–H groups in total. The van der Waals surface area contributed by atoms with E-state index in [2.05, 4.69) is 26.2 Å². The molecule has 0 saturated heterocycles. The number of hydrogen-bond acceptors (Lipinski definition) is 5. The molecule has 4 rings (SSSR count). The average molecular weight is 456 g/mol. The number of amides is 1. The lowest BCUT2D eigenvalue weighted by atomic mass is 10.1. The normalized spacial score (nSPS) is 13.7. The third kappa shape index (κ3) is 3.69. The second kappa shape index (κ2) is 7.57. The molecule has 0 saturated carbocycles. The zero-order valence-electron chi connectivity index (χ0n) is 14.4. The van der Waals surface area contributed by atoms with E-state index in [4.69, 9.17) is 0 Å². The number of aromatic hydroxyl groups is 1. The number of halogens is 1. The van der Waals surface area contributed by atoms with Gasteiger partial charge < -0.3 is 10.4 Å². The lowest BCUT2D eigenvalue weighted by molar-refractivity contribution is -0.116. The van der Waals surface area contributed by atoms with Gasteiger partial charge in [0.15, 0.2) is 0 Å². The number of allylic oxidation sites excluding steroid dienone is 1. The summed E-state index contributed by atoms with van der Waals surface area (Å²) < 4.78 is 1.97. The smallest absolute Gasteiger partial charge is 0.311 e. The number of benzene rings is 2. The van der Waals surface area contributed by atoms with Gasteiger partial charge in [-0.1, -0.05) is 45.5 Å². The second-order valence-electron chi connectivity index (χ2n) is 6.08. The molecule has 0 unspecified atom stereocenters. The lowest BCUT2D eigenvalue weighted by Gasteiger charge is -2.06. The van der Waals surface area contributed by atoms with Gasteiger partial charge in [0, 0.05) is 27.5 Å². The number of rotatable bonds is 4. The molecule has 6 nitrogen and oxygen atoms in total. The van der Waals surface area contributed by atoms with Crippen molar-refractivity contribution in [3.8, 4) is 5.88 Å². The van der Waals surface area contributed by atoms with Gasteiger partial charge in [-0.05, 0) is 36.4 Å². The molecule has 2 heterocycles. The van der Waals surface area contributed by atoms with Crippen molar-refractivity contribution in [3.63, 3.8) is 0 Å². The van der Waals surface area contributed by atoms with Gasteiger partial charge in [0.05, 0.1) is 10.6 Å². The van der Waals surface area contributed by atoms with E-state index in [1.165, 1.54) is 0 Å². The van der Waals surface area contributed by atoms with Crippen molar-refractivity contribution in [3.05, 3.63) is 73.1 Å². The van der Waals surface area contributed by atoms with Crippen LogP contribution in [0, 0.1) is 0 Å². The first-order chi connectivity index (χ1) is 13.5. The molecular formula is C20H14BrN3O3S. The summed E-state index contributed by atoms with van der Waals surface area (Å²) in [4.78, 5) is 28.8. The highest BCUT2D eigenvalue weighted by Crippen LogP contribution is 2.36. The van der Waals surface area contributed by atoms with Crippen molar-refractivity contribution >= 4 is 62.4 Å². The van der Waals surface area contributed by atoms with E-state index in [-0.39, 0.29) is 12.4 Å². The van der Waals surface area contributed by atoms with Crippen molar-refractivity contribution in [1.29, 1.82) is 0 Å². The van der Waals surface area contributed by atoms with Gasteiger partial charge in [0.2, 0.25) is 11.8 Å². The topological polar surface area (TPSA) is 83.7 Å². The Morgan fingerprint density at radius 3 is 2.82 bits per heavy atom. The van der Waals surface area contributed by atoms with Crippen molar-refractivity contribution in [2.75, 3.05) is 5.32 Å². The summed E-state index contributed by atoms with van der Waals surface area (Å²) in [7, 11) is 0. The van der Waals surface area contributed by atoms with Crippen LogP contribution in [0.2, 0.25) is 0 Å². The van der Waals surface area contributed by atoms with Gasteiger partial charge in [0.25, 0.3) is 0 Å². The van der Waals surface area contributed by atoms with Crippen molar-refractivity contribution in [1.82, 2.24) is 4.57 Å². The number of nitrogens with one attached hydrogen (secondary N) is 1. The van der Waals surface area contributed by atoms with Crippen LogP contribution in [0.4, 0.5) is 11.4 Å². The van der Waals surface area contributed by atoms with Crippen molar-refractivity contribution in [2.45, 2.75) is 6.54 Å². The Kier molecular flexibility index (Phi) is 4.97. The van der Waals surface area contributed by atoms with Crippen LogP contribution < -0.4 is 10.2 Å². The molecule has 2 aromatic carbocycles. The summed E-state index contributed by atoms with van der Waals surface area (Å²) >= 11 is 4.32. The van der Waals surface area contributed by atoms with Crippen LogP contribution in [0.25, 0.3) is 11.6 Å². The highest BCUT2D eigenvalue weighted by Gasteiger charge is 2.18. The van der Waals surface area contributed by atoms with Crippen molar-refractivity contribution in [2.24, 2.45) is 4.99 Å². The van der Waals surface area contributed by atoms with Crippen LogP contribution in [0.3, 0.4) is 0 Å². The second-order valence-corrected chi connectivity index (χ2v) is 7.98. The number of aliphatic imine (C=N–C) groups is 1. The minimum atomic E-state index is -0.406. The zero-order valence-corrected chi connectivity index (χ0v) is 16.8. The molecule has 1 aromatic heterocycles. The van der Waals surface area contributed by atoms with E-state index in [1.54, 1.807) is 36.6 Å². The van der Waals surface area contributed by atoms with Crippen LogP contribution in [-0.4, -0.2) is 21.8 Å². The number of aromatic nitrogens is 1. The largest absolute Gasteiger partial charge is 0.493 e. The molecular weight excluding hydrogens is 442 g/mol. The molecule has 0 aliphatic carbocycles. The summed E-state index contributed by atoms with van der Waals surface area (Å²) in [6.07, 6.45) is 3.39. The first-order valence-corrected chi connectivity index (χ1v) is 9.95. The number of carbonyl (C=O) groups is 1. The van der Waals surface area contributed by atoms with Gasteiger partial charge in [-0.25, -0.2) is 0 Å². The molecule has 3 aromatic rings. The number of nitrogens with zero attached hydrogens (tertiary/aromatic N) is 2. The van der Waals surface area contributed by atoms with E-state index in [1.807, 2.05) is 24.3 Å². The van der Waals surface area contributed by atoms with Gasteiger partial charge >= 0.3 is 4.87 Å². The molecule has 1 aliphatic heterocycles. The maximum Gasteiger partial charge on any atom is 0.311 e. The predicted octanol–water partition coefficient (Wildman–Crippen LogP) is 4.27. The molecule has 8 heteroatoms. The highest BCUT2D eigenvalue weighted by molar-refractivity contribution is 9.10. The van der Waals surface area contributed by atoms with E-state index >= 15 is 0 Å². The Balaban J connectivity index is 1.59. The molecule has 28 heavy (non-hydrogen) atoms. The Morgan fingerprint density at radius 2 is 2.04 bits per heavy atom. The molecule has 0 bridgehead atoms. The van der Waals surface area contributed by atoms with E-state index in [9.17, 15) is 14.7 Å². The molecule has 0 spiro atoms. The van der Waals surface area contributed by atoms with Crippen LogP contribution in [0.5, 0.6) is 5.88 Å². The number of anilines is 1. The molecule has 0 fully saturated rings. The minimum Gasteiger partial charge on any atom is -0.493 e. The van der Waals surface area contributed by atoms with E-state index in [0.717, 1.165) is 37.2 Å². The van der Waals surface area contributed by atoms with Gasteiger partial charge in [-0.15, -0.1) is 0 Å². The average Bonchev–Trinajstić information content (AvgIpc) is 3.18. The van der Waals surface area contributed by atoms with Crippen LogP contribution in [-0.2, 0) is 11.3 Å². The Morgan fingerprint density at radius 1 is 1.25 bits per heavy atom. The quantitative estimate of drug-likeness (QED) is 0.615. The Hall–Kier alpha value is -2.97. The third-order valence-corrected chi connectivity index (χ3v) is 5.56. The van der Waals surface area contributed by atoms with Crippen LogP contribution >= 0.6 is 27.3 Å². The van der Waals surface area contributed by atoms with Crippen LogP contribution in [0.15, 0.2) is 62.8 Å². The standard InChI is InChI=1S/C20H14BrN3O3S/c21-13-6-7-16-15(9-13)12(10-22-16)8-17-19(26)24(20(27)28-17)11-18(25)23-14-4-2-1-3-5-14/h1-10,26H,11H2,(H,23,25). The number of thiazole rings is 1. The van der Waals surface area contributed by atoms with E-state index in [0.29, 0.717) is 10.6 Å². The fourth-order valence-electron chi connectivity index (χ4n) is 2.83. The Labute approximate surface area is 172 Å². The maximum atomic E-state index is 12.3. The lowest BCUT2D eigenvalue weighted by Crippen LogP contribution is -2.23. The predicted molar refractivity (Wildman–Crippen MR) is 115 cm³/mol. The molecule has 1 amide bonds. The summed E-state index contributed by atoms with van der Waals surface area (Å²) in [6, 6.07) is 14.7. The molecule has 0 atom stereocenters. The number of para-hydroxylation sites is 1. The fourth-order valence-corrected chi connectivity index (χ4v) is 4.03. The first-order valence-electron chi connectivity index (χ1n) is 8.34. The third-order valence-electron chi connectivity index (χ3n) is 4.15. The summed E-state index contributed by atoms with van der Waals surface area (Å²) in [6.45, 7) is -0.268. The highest BCUT2D eigenvalue weighted by atomic mass is 79.9. The summed E-state index contributed by atoms with van der Waals surface area (Å²) in [5, 5.41) is 13.2. The Bertz CT molecular complexity index is 1180. The zero-order chi connectivity index (χ0) is 19.7. The summed E-state index contributed by atoms with van der Waals surface area (Å²) in [5.41, 5.74) is 3.14. The first kappa shape index (κ1) is 18.4. The molecule has 1 aliphatic rings. The monoisotopic (exact) mass is 455 g/mol. The molecule has 0 radical (unpaired) electrons. The fraction of sp³-hybridized carbons (Fsp3) is 0.0500. The number of fused-ring (bicyclic) bond motifs is 1. The maximum absolute atomic E-state index is 12.3.